The zero-order valence-electron chi connectivity index (χ0n) is 15.2. The lowest BCUT2D eigenvalue weighted by atomic mass is 10.1. The SMILES string of the molecule is COc1ccc(N([C@@H](C)C(=O)NC2CCN(C)CC2)S(C)(=O)=O)cc1. The Morgan fingerprint density at radius 3 is 2.32 bits per heavy atom. The van der Waals surface area contributed by atoms with Gasteiger partial charge in [-0.25, -0.2) is 8.42 Å². The summed E-state index contributed by atoms with van der Waals surface area (Å²) in [6.45, 7) is 3.46. The minimum Gasteiger partial charge on any atom is -0.497 e. The van der Waals surface area contributed by atoms with E-state index in [0.29, 0.717) is 11.4 Å². The molecule has 1 aliphatic rings. The van der Waals surface area contributed by atoms with Gasteiger partial charge in [0.1, 0.15) is 11.8 Å². The summed E-state index contributed by atoms with van der Waals surface area (Å²) in [5.74, 6) is 0.344. The first kappa shape index (κ1) is 19.5. The average Bonchev–Trinajstić information content (AvgIpc) is 2.56. The summed E-state index contributed by atoms with van der Waals surface area (Å²) in [4.78, 5) is 14.8. The molecule has 0 radical (unpaired) electrons. The van der Waals surface area contributed by atoms with E-state index < -0.39 is 16.1 Å². The van der Waals surface area contributed by atoms with Gasteiger partial charge in [0.25, 0.3) is 0 Å². The number of likely N-dealkylation sites (tertiary alicyclic amines) is 1. The summed E-state index contributed by atoms with van der Waals surface area (Å²) in [6.07, 6.45) is 2.85. The summed E-state index contributed by atoms with van der Waals surface area (Å²) >= 11 is 0. The van der Waals surface area contributed by atoms with Crippen LogP contribution in [0, 0.1) is 0 Å². The van der Waals surface area contributed by atoms with Gasteiger partial charge in [-0.2, -0.15) is 0 Å². The Labute approximate surface area is 150 Å². The van der Waals surface area contributed by atoms with Gasteiger partial charge in [-0.1, -0.05) is 0 Å². The van der Waals surface area contributed by atoms with Crippen LogP contribution < -0.4 is 14.4 Å². The maximum absolute atomic E-state index is 12.6. The van der Waals surface area contributed by atoms with Crippen molar-refractivity contribution < 1.29 is 17.9 Å². The predicted octanol–water partition coefficient (Wildman–Crippen LogP) is 1.06. The summed E-state index contributed by atoms with van der Waals surface area (Å²) < 4.78 is 30.8. The molecule has 1 aliphatic heterocycles. The number of nitrogens with zero attached hydrogens (tertiary/aromatic N) is 2. The lowest BCUT2D eigenvalue weighted by Gasteiger charge is -2.33. The smallest absolute Gasteiger partial charge is 0.243 e. The van der Waals surface area contributed by atoms with Crippen molar-refractivity contribution in [3.8, 4) is 5.75 Å². The molecule has 1 aromatic carbocycles. The first-order valence-electron chi connectivity index (χ1n) is 8.34. The molecule has 0 unspecified atom stereocenters. The van der Waals surface area contributed by atoms with Gasteiger partial charge in [-0.3, -0.25) is 9.10 Å². The van der Waals surface area contributed by atoms with Crippen molar-refractivity contribution in [1.82, 2.24) is 10.2 Å². The Balaban J connectivity index is 2.15. The van der Waals surface area contributed by atoms with Crippen LogP contribution in [-0.2, 0) is 14.8 Å². The van der Waals surface area contributed by atoms with E-state index in [2.05, 4.69) is 17.3 Å². The fourth-order valence-electron chi connectivity index (χ4n) is 3.01. The van der Waals surface area contributed by atoms with Crippen molar-refractivity contribution in [2.45, 2.75) is 31.8 Å². The van der Waals surface area contributed by atoms with E-state index >= 15 is 0 Å². The largest absolute Gasteiger partial charge is 0.497 e. The Kier molecular flexibility index (Phi) is 6.29. The predicted molar refractivity (Wildman–Crippen MR) is 98.4 cm³/mol. The van der Waals surface area contributed by atoms with Gasteiger partial charge in [-0.15, -0.1) is 0 Å². The van der Waals surface area contributed by atoms with Crippen molar-refractivity contribution in [3.63, 3.8) is 0 Å². The molecule has 1 atom stereocenters. The molecule has 7 nitrogen and oxygen atoms in total. The molecule has 0 bridgehead atoms. The number of hydrogen-bond acceptors (Lipinski definition) is 5. The molecule has 8 heteroatoms. The molecule has 1 saturated heterocycles. The first-order chi connectivity index (χ1) is 11.7. The van der Waals surface area contributed by atoms with E-state index in [0.717, 1.165) is 36.5 Å². The highest BCUT2D eigenvalue weighted by molar-refractivity contribution is 7.92. The third-order valence-electron chi connectivity index (χ3n) is 4.48. The number of methoxy groups -OCH3 is 1. The molecule has 1 fully saturated rings. The van der Waals surface area contributed by atoms with Crippen LogP contribution in [-0.4, -0.2) is 64.8 Å². The van der Waals surface area contributed by atoms with Crippen molar-refractivity contribution in [2.24, 2.45) is 0 Å². The second kappa shape index (κ2) is 8.05. The Morgan fingerprint density at radius 1 is 1.28 bits per heavy atom. The monoisotopic (exact) mass is 369 g/mol. The summed E-state index contributed by atoms with van der Waals surface area (Å²) in [6, 6.07) is 5.88. The molecule has 1 heterocycles. The number of sulfonamides is 1. The molecule has 1 amide bonds. The van der Waals surface area contributed by atoms with E-state index in [4.69, 9.17) is 4.74 Å². The third kappa shape index (κ3) is 5.09. The molecule has 0 spiro atoms. The number of anilines is 1. The van der Waals surface area contributed by atoms with Gasteiger partial charge in [0.15, 0.2) is 0 Å². The Hall–Kier alpha value is -1.80. The number of rotatable bonds is 6. The van der Waals surface area contributed by atoms with Crippen LogP contribution >= 0.6 is 0 Å². The summed E-state index contributed by atoms with van der Waals surface area (Å²) in [7, 11) is -0.0139. The van der Waals surface area contributed by atoms with Crippen molar-refractivity contribution in [1.29, 1.82) is 0 Å². The highest BCUT2D eigenvalue weighted by Crippen LogP contribution is 2.24. The molecule has 140 valence electrons. The van der Waals surface area contributed by atoms with Gasteiger partial charge in [-0.05, 0) is 64.2 Å². The average molecular weight is 369 g/mol. The van der Waals surface area contributed by atoms with Crippen molar-refractivity contribution in [2.75, 3.05) is 37.8 Å². The molecule has 0 saturated carbocycles. The topological polar surface area (TPSA) is 79.0 Å². The van der Waals surface area contributed by atoms with Gasteiger partial charge >= 0.3 is 0 Å². The second-order valence-electron chi connectivity index (χ2n) is 6.52. The minimum absolute atomic E-state index is 0.0865. The molecular formula is C17H27N3O4S. The number of nitrogens with one attached hydrogen (secondary N) is 1. The van der Waals surface area contributed by atoms with E-state index in [1.165, 1.54) is 0 Å². The molecule has 1 N–H and O–H groups in total. The van der Waals surface area contributed by atoms with E-state index in [1.54, 1.807) is 38.3 Å². The number of benzene rings is 1. The highest BCUT2D eigenvalue weighted by atomic mass is 32.2. The van der Waals surface area contributed by atoms with Crippen LogP contribution in [0.25, 0.3) is 0 Å². The standard InChI is InChI=1S/C17H27N3O4S/c1-13(17(21)18-14-9-11-19(2)12-10-14)20(25(4,22)23)15-5-7-16(24-3)8-6-15/h5-8,13-14H,9-12H2,1-4H3,(H,18,21)/t13-/m0/s1. The molecule has 2 rings (SSSR count). The quantitative estimate of drug-likeness (QED) is 0.811. The van der Waals surface area contributed by atoms with Crippen LogP contribution in [0.2, 0.25) is 0 Å². The van der Waals surface area contributed by atoms with Crippen LogP contribution in [0.5, 0.6) is 5.75 Å². The molecule has 1 aromatic rings. The van der Waals surface area contributed by atoms with Gasteiger partial charge in [0.2, 0.25) is 15.9 Å². The van der Waals surface area contributed by atoms with Gasteiger partial charge in [0.05, 0.1) is 19.1 Å². The normalized spacial score (nSPS) is 17.8. The minimum atomic E-state index is -3.61. The van der Waals surface area contributed by atoms with Gasteiger partial charge < -0.3 is 15.0 Å². The summed E-state index contributed by atoms with van der Waals surface area (Å²) in [5.41, 5.74) is 0.439. The Bertz CT molecular complexity index is 682. The molecule has 0 aliphatic carbocycles. The highest BCUT2D eigenvalue weighted by Gasteiger charge is 2.30. The summed E-state index contributed by atoms with van der Waals surface area (Å²) in [5, 5.41) is 2.99. The van der Waals surface area contributed by atoms with Crippen molar-refractivity contribution in [3.05, 3.63) is 24.3 Å². The fourth-order valence-corrected chi connectivity index (χ4v) is 4.19. The maximum atomic E-state index is 12.6. The van der Waals surface area contributed by atoms with Gasteiger partial charge in [0, 0.05) is 6.04 Å². The Morgan fingerprint density at radius 2 is 1.84 bits per heavy atom. The van der Waals surface area contributed by atoms with E-state index in [1.807, 2.05) is 0 Å². The number of carbonyl (C=O) groups is 1. The number of piperidine rings is 1. The molecule has 0 aromatic heterocycles. The zero-order valence-corrected chi connectivity index (χ0v) is 16.0. The fraction of sp³-hybridized carbons (Fsp3) is 0.588. The van der Waals surface area contributed by atoms with Crippen LogP contribution in [0.15, 0.2) is 24.3 Å². The third-order valence-corrected chi connectivity index (χ3v) is 5.72. The second-order valence-corrected chi connectivity index (χ2v) is 8.38. The van der Waals surface area contributed by atoms with E-state index in [9.17, 15) is 13.2 Å². The zero-order chi connectivity index (χ0) is 18.6. The van der Waals surface area contributed by atoms with E-state index in [-0.39, 0.29) is 11.9 Å². The lowest BCUT2D eigenvalue weighted by molar-refractivity contribution is -0.122. The number of hydrogen-bond donors (Lipinski definition) is 1. The molecular weight excluding hydrogens is 342 g/mol. The van der Waals surface area contributed by atoms with Crippen molar-refractivity contribution >= 4 is 21.6 Å². The van der Waals surface area contributed by atoms with Crippen LogP contribution in [0.3, 0.4) is 0 Å². The first-order valence-corrected chi connectivity index (χ1v) is 10.2. The number of amides is 1. The number of ether oxygens (including phenoxy) is 1. The van der Waals surface area contributed by atoms with Crippen LogP contribution in [0.4, 0.5) is 5.69 Å². The molecule has 25 heavy (non-hydrogen) atoms. The maximum Gasteiger partial charge on any atom is 0.243 e. The van der Waals surface area contributed by atoms with Crippen LogP contribution in [0.1, 0.15) is 19.8 Å². The number of carbonyl (C=O) groups excluding carboxylic acids is 1. The lowest BCUT2D eigenvalue weighted by Crippen LogP contribution is -2.52.